The van der Waals surface area contributed by atoms with Crippen LogP contribution in [0, 0.1) is 0 Å². The number of carbonyl (C=O) groups is 1. The minimum absolute atomic E-state index is 0.405. The summed E-state index contributed by atoms with van der Waals surface area (Å²) in [5.41, 5.74) is 1.49. The third kappa shape index (κ3) is 5.37. The first-order valence-corrected chi connectivity index (χ1v) is 7.94. The first-order chi connectivity index (χ1) is 10.9. The van der Waals surface area contributed by atoms with E-state index in [0.29, 0.717) is 24.7 Å². The number of benzene rings is 1. The van der Waals surface area contributed by atoms with Crippen molar-refractivity contribution in [1.82, 2.24) is 15.6 Å². The van der Waals surface area contributed by atoms with Gasteiger partial charge in [-0.1, -0.05) is 17.7 Å². The van der Waals surface area contributed by atoms with Gasteiger partial charge < -0.3 is 15.4 Å². The smallest absolute Gasteiger partial charge is 0.407 e. The lowest BCUT2D eigenvalue weighted by atomic mass is 10.1. The summed E-state index contributed by atoms with van der Waals surface area (Å²) in [5.74, 6) is 0. The molecular formula is C17H22ClN3O2. The number of alkyl carbamates (subject to hydrolysis) is 1. The van der Waals surface area contributed by atoms with E-state index in [1.165, 1.54) is 0 Å². The molecule has 23 heavy (non-hydrogen) atoms. The summed E-state index contributed by atoms with van der Waals surface area (Å²) < 4.78 is 5.17. The van der Waals surface area contributed by atoms with Crippen molar-refractivity contribution in [1.29, 1.82) is 0 Å². The van der Waals surface area contributed by atoms with Crippen molar-refractivity contribution in [2.45, 2.75) is 32.9 Å². The number of ether oxygens (including phenoxy) is 1. The summed E-state index contributed by atoms with van der Waals surface area (Å²) in [6, 6.07) is 7.67. The standard InChI is InChI=1S/C17H22ClN3O2/c1-17(2,3)23-16(22)21-10-9-19-11-12-6-7-14(18)13-5-4-8-20-15(12)13/h4-8,19H,9-11H2,1-3H3,(H,21,22). The van der Waals surface area contributed by atoms with E-state index >= 15 is 0 Å². The topological polar surface area (TPSA) is 63.2 Å². The number of halogens is 1. The van der Waals surface area contributed by atoms with Crippen molar-refractivity contribution in [2.75, 3.05) is 13.1 Å². The van der Waals surface area contributed by atoms with E-state index in [1.54, 1.807) is 6.20 Å². The molecule has 0 saturated carbocycles. The summed E-state index contributed by atoms with van der Waals surface area (Å²) in [7, 11) is 0. The Bertz CT molecular complexity index is 683. The Morgan fingerprint density at radius 1 is 1.26 bits per heavy atom. The molecule has 0 aliphatic heterocycles. The maximum absolute atomic E-state index is 11.5. The lowest BCUT2D eigenvalue weighted by Gasteiger charge is -2.19. The highest BCUT2D eigenvalue weighted by atomic mass is 35.5. The molecule has 5 nitrogen and oxygen atoms in total. The van der Waals surface area contributed by atoms with Gasteiger partial charge in [-0.25, -0.2) is 4.79 Å². The Labute approximate surface area is 141 Å². The summed E-state index contributed by atoms with van der Waals surface area (Å²) in [4.78, 5) is 15.9. The monoisotopic (exact) mass is 335 g/mol. The summed E-state index contributed by atoms with van der Waals surface area (Å²) in [6.07, 6.45) is 1.35. The first-order valence-electron chi connectivity index (χ1n) is 7.56. The molecule has 0 spiro atoms. The number of pyridine rings is 1. The number of nitrogens with zero attached hydrogens (tertiary/aromatic N) is 1. The maximum Gasteiger partial charge on any atom is 0.407 e. The fourth-order valence-corrected chi connectivity index (χ4v) is 2.34. The molecule has 1 heterocycles. The molecule has 124 valence electrons. The first kappa shape index (κ1) is 17.5. The molecule has 0 fully saturated rings. The van der Waals surface area contributed by atoms with Gasteiger partial charge >= 0.3 is 6.09 Å². The fourth-order valence-electron chi connectivity index (χ4n) is 2.13. The average Bonchev–Trinajstić information content (AvgIpc) is 2.47. The third-order valence-corrected chi connectivity index (χ3v) is 3.42. The number of hydrogen-bond acceptors (Lipinski definition) is 4. The number of hydrogen-bond donors (Lipinski definition) is 2. The van der Waals surface area contributed by atoms with Crippen LogP contribution in [0.4, 0.5) is 4.79 Å². The molecule has 0 aliphatic rings. The molecular weight excluding hydrogens is 314 g/mol. The van der Waals surface area contributed by atoms with Crippen LogP contribution in [0.2, 0.25) is 5.02 Å². The molecule has 2 N–H and O–H groups in total. The minimum atomic E-state index is -0.481. The zero-order valence-corrected chi connectivity index (χ0v) is 14.4. The van der Waals surface area contributed by atoms with E-state index in [0.717, 1.165) is 16.5 Å². The SMILES string of the molecule is CC(C)(C)OC(=O)NCCNCc1ccc(Cl)c2cccnc12. The van der Waals surface area contributed by atoms with Gasteiger partial charge in [0.05, 0.1) is 5.52 Å². The largest absolute Gasteiger partial charge is 0.444 e. The molecule has 0 atom stereocenters. The minimum Gasteiger partial charge on any atom is -0.444 e. The predicted molar refractivity (Wildman–Crippen MR) is 92.7 cm³/mol. The predicted octanol–water partition coefficient (Wildman–Crippen LogP) is 3.50. The van der Waals surface area contributed by atoms with Crippen LogP contribution < -0.4 is 10.6 Å². The van der Waals surface area contributed by atoms with Gasteiger partial charge in [0.25, 0.3) is 0 Å². The Kier molecular flexibility index (Phi) is 5.80. The van der Waals surface area contributed by atoms with Crippen LogP contribution in [-0.2, 0) is 11.3 Å². The highest BCUT2D eigenvalue weighted by Gasteiger charge is 2.15. The zero-order chi connectivity index (χ0) is 16.9. The highest BCUT2D eigenvalue weighted by molar-refractivity contribution is 6.35. The molecule has 2 rings (SSSR count). The summed E-state index contributed by atoms with van der Waals surface area (Å²) >= 11 is 6.18. The van der Waals surface area contributed by atoms with E-state index in [1.807, 2.05) is 45.0 Å². The van der Waals surface area contributed by atoms with Crippen LogP contribution in [0.1, 0.15) is 26.3 Å². The fraction of sp³-hybridized carbons (Fsp3) is 0.412. The van der Waals surface area contributed by atoms with Crippen LogP contribution in [0.25, 0.3) is 10.9 Å². The Hall–Kier alpha value is -1.85. The second-order valence-electron chi connectivity index (χ2n) is 6.21. The van der Waals surface area contributed by atoms with Gasteiger partial charge in [-0.15, -0.1) is 0 Å². The number of amides is 1. The highest BCUT2D eigenvalue weighted by Crippen LogP contribution is 2.24. The third-order valence-electron chi connectivity index (χ3n) is 3.09. The van der Waals surface area contributed by atoms with Gasteiger partial charge in [0.2, 0.25) is 0 Å². The van der Waals surface area contributed by atoms with E-state index in [9.17, 15) is 4.79 Å². The van der Waals surface area contributed by atoms with Gasteiger partial charge in [-0.05, 0) is 44.5 Å². The molecule has 1 aromatic heterocycles. The summed E-state index contributed by atoms with van der Waals surface area (Å²) in [6.45, 7) is 7.29. The number of aromatic nitrogens is 1. The lowest BCUT2D eigenvalue weighted by Crippen LogP contribution is -2.36. The zero-order valence-electron chi connectivity index (χ0n) is 13.6. The van der Waals surface area contributed by atoms with Crippen molar-refractivity contribution in [3.8, 4) is 0 Å². The maximum atomic E-state index is 11.5. The van der Waals surface area contributed by atoms with Crippen molar-refractivity contribution in [3.05, 3.63) is 41.0 Å². The Balaban J connectivity index is 1.81. The van der Waals surface area contributed by atoms with Gasteiger partial charge in [-0.3, -0.25) is 4.98 Å². The van der Waals surface area contributed by atoms with Crippen molar-refractivity contribution in [2.24, 2.45) is 0 Å². The molecule has 6 heteroatoms. The number of fused-ring (bicyclic) bond motifs is 1. The van der Waals surface area contributed by atoms with Crippen LogP contribution in [0.15, 0.2) is 30.5 Å². The number of rotatable bonds is 5. The van der Waals surface area contributed by atoms with E-state index in [-0.39, 0.29) is 0 Å². The van der Waals surface area contributed by atoms with E-state index in [2.05, 4.69) is 15.6 Å². The van der Waals surface area contributed by atoms with Crippen LogP contribution in [0.5, 0.6) is 0 Å². The van der Waals surface area contributed by atoms with E-state index < -0.39 is 11.7 Å². The molecule has 0 saturated heterocycles. The normalized spacial score (nSPS) is 11.5. The van der Waals surface area contributed by atoms with Crippen molar-refractivity contribution in [3.63, 3.8) is 0 Å². The molecule has 0 radical (unpaired) electrons. The van der Waals surface area contributed by atoms with Crippen molar-refractivity contribution >= 4 is 28.6 Å². The molecule has 0 aliphatic carbocycles. The number of carbonyl (C=O) groups excluding carboxylic acids is 1. The van der Waals surface area contributed by atoms with Crippen LogP contribution in [-0.4, -0.2) is 29.8 Å². The average molecular weight is 336 g/mol. The molecule has 1 aromatic carbocycles. The molecule has 2 aromatic rings. The molecule has 0 bridgehead atoms. The van der Waals surface area contributed by atoms with Gasteiger partial charge in [0.15, 0.2) is 0 Å². The van der Waals surface area contributed by atoms with Gasteiger partial charge in [-0.2, -0.15) is 0 Å². The Morgan fingerprint density at radius 3 is 2.78 bits per heavy atom. The van der Waals surface area contributed by atoms with Crippen molar-refractivity contribution < 1.29 is 9.53 Å². The van der Waals surface area contributed by atoms with Crippen LogP contribution >= 0.6 is 11.6 Å². The van der Waals surface area contributed by atoms with E-state index in [4.69, 9.17) is 16.3 Å². The second kappa shape index (κ2) is 7.62. The second-order valence-corrected chi connectivity index (χ2v) is 6.62. The number of nitrogens with one attached hydrogen (secondary N) is 2. The molecule has 1 amide bonds. The summed E-state index contributed by atoms with van der Waals surface area (Å²) in [5, 5.41) is 7.63. The van der Waals surface area contributed by atoms with Crippen LogP contribution in [0.3, 0.4) is 0 Å². The molecule has 0 unspecified atom stereocenters. The quantitative estimate of drug-likeness (QED) is 0.821. The lowest BCUT2D eigenvalue weighted by molar-refractivity contribution is 0.0528. The van der Waals surface area contributed by atoms with Gasteiger partial charge in [0, 0.05) is 36.2 Å². The Morgan fingerprint density at radius 2 is 2.04 bits per heavy atom. The van der Waals surface area contributed by atoms with Gasteiger partial charge in [0.1, 0.15) is 5.60 Å².